The molecule has 2 heterocycles. The molecule has 1 amide bonds. The molecule has 2 N–H and O–H groups in total. The van der Waals surface area contributed by atoms with Crippen molar-refractivity contribution >= 4 is 5.91 Å². The Morgan fingerprint density at radius 1 is 1.09 bits per heavy atom. The number of aromatic nitrogens is 2. The topological polar surface area (TPSA) is 87.7 Å². The maximum atomic E-state index is 13.3. The minimum absolute atomic E-state index is 0.0927. The maximum absolute atomic E-state index is 13.3. The molecular formula is C26H31N3O4. The second-order valence-electron chi connectivity index (χ2n) is 8.24. The van der Waals surface area contributed by atoms with Crippen molar-refractivity contribution in [3.8, 4) is 28.5 Å². The molecule has 4 rings (SSSR count). The Labute approximate surface area is 194 Å². The lowest BCUT2D eigenvalue weighted by Gasteiger charge is -2.26. The number of rotatable bonds is 10. The third-order valence-corrected chi connectivity index (χ3v) is 6.00. The van der Waals surface area contributed by atoms with Crippen LogP contribution in [-0.2, 0) is 0 Å². The highest BCUT2D eigenvalue weighted by atomic mass is 16.5. The molecule has 3 aromatic rings. The SMILES string of the molecule is CCCCCOc1ccc([C@H]2c3c(-c4ccccc4O)n[nH]c3C(=O)N2CCC)cc1OC. The predicted octanol–water partition coefficient (Wildman–Crippen LogP) is 5.32. The summed E-state index contributed by atoms with van der Waals surface area (Å²) in [4.78, 5) is 15.1. The smallest absolute Gasteiger partial charge is 0.273 e. The highest BCUT2D eigenvalue weighted by Gasteiger charge is 2.42. The number of carbonyl (C=O) groups is 1. The molecule has 7 heteroatoms. The van der Waals surface area contributed by atoms with Crippen molar-refractivity contribution in [2.24, 2.45) is 0 Å². The van der Waals surface area contributed by atoms with Crippen LogP contribution in [0.3, 0.4) is 0 Å². The fourth-order valence-corrected chi connectivity index (χ4v) is 4.40. The summed E-state index contributed by atoms with van der Waals surface area (Å²) in [5.41, 5.74) is 3.32. The Kier molecular flexibility index (Phi) is 6.87. The number of amides is 1. The Morgan fingerprint density at radius 2 is 1.91 bits per heavy atom. The van der Waals surface area contributed by atoms with Crippen LogP contribution in [0.25, 0.3) is 11.3 Å². The standard InChI is InChI=1S/C26H31N3O4/c1-4-6-9-15-33-20-13-12-17(16-21(20)32-3)25-22-23(18-10-7-8-11-19(18)30)27-28-24(22)26(31)29(25)14-5-2/h7-8,10-13,16,25,30H,4-6,9,14-15H2,1-3H3,(H,27,28)/t25-/m0/s1. The van der Waals surface area contributed by atoms with E-state index in [0.717, 1.165) is 36.8 Å². The molecule has 0 unspecified atom stereocenters. The van der Waals surface area contributed by atoms with Gasteiger partial charge in [0.1, 0.15) is 17.1 Å². The minimum atomic E-state index is -0.344. The van der Waals surface area contributed by atoms with E-state index in [1.54, 1.807) is 19.2 Å². The summed E-state index contributed by atoms with van der Waals surface area (Å²) in [6.07, 6.45) is 4.07. The third kappa shape index (κ3) is 4.27. The van der Waals surface area contributed by atoms with Crippen molar-refractivity contribution in [2.75, 3.05) is 20.3 Å². The van der Waals surface area contributed by atoms with Crippen molar-refractivity contribution < 1.29 is 19.4 Å². The first-order chi connectivity index (χ1) is 16.1. The van der Waals surface area contributed by atoms with Gasteiger partial charge in [-0.2, -0.15) is 5.10 Å². The number of ether oxygens (including phenoxy) is 2. The number of unbranched alkanes of at least 4 members (excludes halogenated alkanes) is 2. The lowest BCUT2D eigenvalue weighted by molar-refractivity contribution is 0.0743. The number of benzene rings is 2. The molecule has 33 heavy (non-hydrogen) atoms. The Bertz CT molecular complexity index is 1120. The fourth-order valence-electron chi connectivity index (χ4n) is 4.40. The zero-order chi connectivity index (χ0) is 23.4. The number of phenols is 1. The molecule has 1 atom stereocenters. The van der Waals surface area contributed by atoms with Gasteiger partial charge in [0.15, 0.2) is 11.5 Å². The van der Waals surface area contributed by atoms with Gasteiger partial charge in [-0.25, -0.2) is 0 Å². The Hall–Kier alpha value is -3.48. The maximum Gasteiger partial charge on any atom is 0.273 e. The molecule has 7 nitrogen and oxygen atoms in total. The van der Waals surface area contributed by atoms with Crippen LogP contribution in [0.4, 0.5) is 0 Å². The molecule has 0 saturated carbocycles. The number of H-pyrrole nitrogens is 1. The van der Waals surface area contributed by atoms with Crippen molar-refractivity contribution in [1.29, 1.82) is 0 Å². The number of hydrogen-bond donors (Lipinski definition) is 2. The second kappa shape index (κ2) is 9.98. The average Bonchev–Trinajstić information content (AvgIpc) is 3.37. The Balaban J connectivity index is 1.76. The number of phenolic OH excluding ortho intramolecular Hbond substituents is 1. The Morgan fingerprint density at radius 3 is 2.64 bits per heavy atom. The summed E-state index contributed by atoms with van der Waals surface area (Å²) in [7, 11) is 1.62. The zero-order valence-electron chi connectivity index (χ0n) is 19.4. The van der Waals surface area contributed by atoms with Crippen molar-refractivity contribution in [3.63, 3.8) is 0 Å². The van der Waals surface area contributed by atoms with Gasteiger partial charge in [0.05, 0.1) is 19.8 Å². The van der Waals surface area contributed by atoms with E-state index in [2.05, 4.69) is 17.1 Å². The summed E-state index contributed by atoms with van der Waals surface area (Å²) in [6, 6.07) is 12.5. The number of carbonyl (C=O) groups excluding carboxylic acids is 1. The normalized spacial score (nSPS) is 15.1. The van der Waals surface area contributed by atoms with Gasteiger partial charge in [-0.3, -0.25) is 9.89 Å². The van der Waals surface area contributed by atoms with Gasteiger partial charge < -0.3 is 19.5 Å². The van der Waals surface area contributed by atoms with Crippen LogP contribution >= 0.6 is 0 Å². The molecule has 174 valence electrons. The molecule has 0 saturated heterocycles. The molecule has 1 aromatic heterocycles. The third-order valence-electron chi connectivity index (χ3n) is 6.00. The van der Waals surface area contributed by atoms with Crippen molar-refractivity contribution in [2.45, 2.75) is 45.6 Å². The molecular weight excluding hydrogens is 418 g/mol. The van der Waals surface area contributed by atoms with Crippen LogP contribution in [0, 0.1) is 0 Å². The van der Waals surface area contributed by atoms with Gasteiger partial charge in [0.2, 0.25) is 0 Å². The van der Waals surface area contributed by atoms with Crippen LogP contribution in [0.2, 0.25) is 0 Å². The van der Waals surface area contributed by atoms with Crippen LogP contribution < -0.4 is 9.47 Å². The summed E-state index contributed by atoms with van der Waals surface area (Å²) >= 11 is 0. The monoisotopic (exact) mass is 449 g/mol. The van der Waals surface area contributed by atoms with Gasteiger partial charge in [-0.15, -0.1) is 0 Å². The zero-order valence-corrected chi connectivity index (χ0v) is 19.4. The number of aromatic amines is 1. The van der Waals surface area contributed by atoms with E-state index in [1.165, 1.54) is 0 Å². The second-order valence-corrected chi connectivity index (χ2v) is 8.24. The predicted molar refractivity (Wildman–Crippen MR) is 127 cm³/mol. The number of aromatic hydroxyl groups is 1. The molecule has 0 fully saturated rings. The molecule has 1 aliphatic rings. The van der Waals surface area contributed by atoms with E-state index >= 15 is 0 Å². The molecule has 0 bridgehead atoms. The average molecular weight is 450 g/mol. The van der Waals surface area contributed by atoms with Crippen LogP contribution in [0.15, 0.2) is 42.5 Å². The van der Waals surface area contributed by atoms with E-state index in [1.807, 2.05) is 42.2 Å². The lowest BCUT2D eigenvalue weighted by Crippen LogP contribution is -2.30. The van der Waals surface area contributed by atoms with E-state index in [0.29, 0.717) is 41.6 Å². The highest BCUT2D eigenvalue weighted by molar-refractivity contribution is 6.00. The van der Waals surface area contributed by atoms with Crippen LogP contribution in [-0.4, -0.2) is 46.4 Å². The van der Waals surface area contributed by atoms with Crippen molar-refractivity contribution in [3.05, 3.63) is 59.3 Å². The highest BCUT2D eigenvalue weighted by Crippen LogP contribution is 2.45. The lowest BCUT2D eigenvalue weighted by atomic mass is 9.95. The number of methoxy groups -OCH3 is 1. The first kappa shape index (κ1) is 22.7. The molecule has 0 spiro atoms. The van der Waals surface area contributed by atoms with Gasteiger partial charge in [-0.05, 0) is 42.7 Å². The molecule has 2 aromatic carbocycles. The fraction of sp³-hybridized carbons (Fsp3) is 0.385. The van der Waals surface area contributed by atoms with E-state index in [9.17, 15) is 9.90 Å². The molecule has 0 aliphatic carbocycles. The van der Waals surface area contributed by atoms with Gasteiger partial charge >= 0.3 is 0 Å². The number of nitrogens with one attached hydrogen (secondary N) is 1. The van der Waals surface area contributed by atoms with Crippen LogP contribution in [0.1, 0.15) is 67.2 Å². The van der Waals surface area contributed by atoms with E-state index < -0.39 is 0 Å². The quantitative estimate of drug-likeness (QED) is 0.409. The van der Waals surface area contributed by atoms with Gasteiger partial charge in [-0.1, -0.05) is 44.9 Å². The van der Waals surface area contributed by atoms with Gasteiger partial charge in [0, 0.05) is 17.7 Å². The first-order valence-electron chi connectivity index (χ1n) is 11.6. The summed E-state index contributed by atoms with van der Waals surface area (Å²) in [5, 5.41) is 17.8. The number of para-hydroxylation sites is 1. The van der Waals surface area contributed by atoms with Gasteiger partial charge in [0.25, 0.3) is 5.91 Å². The number of hydrogen-bond acceptors (Lipinski definition) is 5. The largest absolute Gasteiger partial charge is 0.507 e. The summed E-state index contributed by atoms with van der Waals surface area (Å²) in [6.45, 7) is 5.45. The summed E-state index contributed by atoms with van der Waals surface area (Å²) in [5.74, 6) is 1.36. The first-order valence-corrected chi connectivity index (χ1v) is 11.6. The number of nitrogens with zero attached hydrogens (tertiary/aromatic N) is 2. The molecule has 0 radical (unpaired) electrons. The van der Waals surface area contributed by atoms with Crippen molar-refractivity contribution in [1.82, 2.24) is 15.1 Å². The van der Waals surface area contributed by atoms with E-state index in [-0.39, 0.29) is 17.7 Å². The number of fused-ring (bicyclic) bond motifs is 1. The summed E-state index contributed by atoms with van der Waals surface area (Å²) < 4.78 is 11.6. The minimum Gasteiger partial charge on any atom is -0.507 e. The molecule has 1 aliphatic heterocycles. The van der Waals surface area contributed by atoms with E-state index in [4.69, 9.17) is 9.47 Å². The van der Waals surface area contributed by atoms with Crippen LogP contribution in [0.5, 0.6) is 17.2 Å².